The molecule has 10 nitrogen and oxygen atoms in total. The second-order valence-corrected chi connectivity index (χ2v) is 16.9. The van der Waals surface area contributed by atoms with Crippen LogP contribution < -0.4 is 20.1 Å². The molecule has 3 aliphatic heterocycles. The number of benzene rings is 2. The van der Waals surface area contributed by atoms with Crippen LogP contribution in [0.5, 0.6) is 5.75 Å². The minimum atomic E-state index is -2.25. The van der Waals surface area contributed by atoms with E-state index in [9.17, 15) is 14.7 Å². The number of fused-ring (bicyclic) bond motifs is 2. The van der Waals surface area contributed by atoms with Gasteiger partial charge in [0.15, 0.2) is 5.60 Å². The number of amides is 2. The minimum Gasteiger partial charge on any atom is -0.497 e. The molecule has 4 heterocycles. The molecule has 0 aliphatic carbocycles. The molecule has 1 aromatic heterocycles. The van der Waals surface area contributed by atoms with Crippen molar-refractivity contribution < 1.29 is 24.2 Å². The van der Waals surface area contributed by atoms with E-state index in [0.717, 1.165) is 34.8 Å². The van der Waals surface area contributed by atoms with Crippen molar-refractivity contribution in [1.82, 2.24) is 15.0 Å². The standard InChI is InChI=1S/C31H39N5O5Si/c1-20-29(42(3,4)24-10-8-23(40-2)9-11-24)27(13-16-35-19-21(14-17-37)33-34-35)41-31(20)25-18-22(36-15-5-6-28(36)38)7-12-26(25)32-30(31)39/h7-12,18-20,27,29,37H,5-6,13-17H2,1-4H3,(H,32,39)/t20-,27+,29-,31+/m0/s1. The Kier molecular flexibility index (Phi) is 7.44. The lowest BCUT2D eigenvalue weighted by atomic mass is 9.82. The fraction of sp³-hybridized carbons (Fsp3) is 0.484. The van der Waals surface area contributed by atoms with Crippen LogP contribution in [0.3, 0.4) is 0 Å². The van der Waals surface area contributed by atoms with E-state index < -0.39 is 13.7 Å². The zero-order valence-corrected chi connectivity index (χ0v) is 25.7. The highest BCUT2D eigenvalue weighted by Gasteiger charge is 2.64. The molecular formula is C31H39N5O5Si. The number of aromatic nitrogens is 3. The normalized spacial score (nSPS) is 25.4. The number of hydrogen-bond donors (Lipinski definition) is 2. The fourth-order valence-electron chi connectivity index (χ4n) is 7.42. The van der Waals surface area contributed by atoms with Gasteiger partial charge in [0.1, 0.15) is 5.75 Å². The molecule has 3 aromatic rings. The molecule has 0 radical (unpaired) electrons. The highest BCUT2D eigenvalue weighted by molar-refractivity contribution is 6.91. The number of aliphatic hydroxyl groups excluding tert-OH is 1. The van der Waals surface area contributed by atoms with Gasteiger partial charge < -0.3 is 24.8 Å². The summed E-state index contributed by atoms with van der Waals surface area (Å²) in [5, 5.41) is 22.1. The van der Waals surface area contributed by atoms with Crippen molar-refractivity contribution in [2.75, 3.05) is 30.5 Å². The summed E-state index contributed by atoms with van der Waals surface area (Å²) in [4.78, 5) is 28.4. The van der Waals surface area contributed by atoms with Crippen LogP contribution in [0.25, 0.3) is 0 Å². The topological polar surface area (TPSA) is 119 Å². The molecule has 2 amide bonds. The SMILES string of the molecule is COc1ccc([Si](C)(C)[C@@H]2[C@@H](CCn3cc(CCO)nn3)O[C@]3(C(=O)Nc4ccc(N5CCCC5=O)cc43)[C@H]2C)cc1. The van der Waals surface area contributed by atoms with Crippen molar-refractivity contribution in [3.05, 3.63) is 59.9 Å². The van der Waals surface area contributed by atoms with Gasteiger partial charge in [0.2, 0.25) is 5.91 Å². The molecule has 0 bridgehead atoms. The second kappa shape index (κ2) is 10.9. The smallest absolute Gasteiger partial charge is 0.261 e. The molecule has 1 spiro atoms. The largest absolute Gasteiger partial charge is 0.497 e. The van der Waals surface area contributed by atoms with Gasteiger partial charge in [-0.3, -0.25) is 14.3 Å². The molecule has 2 saturated heterocycles. The van der Waals surface area contributed by atoms with E-state index in [0.29, 0.717) is 32.4 Å². The van der Waals surface area contributed by atoms with E-state index in [4.69, 9.17) is 9.47 Å². The highest BCUT2D eigenvalue weighted by atomic mass is 28.3. The fourth-order valence-corrected chi connectivity index (χ4v) is 11.5. The van der Waals surface area contributed by atoms with Gasteiger partial charge >= 0.3 is 0 Å². The molecule has 222 valence electrons. The summed E-state index contributed by atoms with van der Waals surface area (Å²) in [7, 11) is -0.585. The van der Waals surface area contributed by atoms with Crippen LogP contribution in [-0.2, 0) is 32.9 Å². The molecule has 6 rings (SSSR count). The Bertz CT molecular complexity index is 1490. The van der Waals surface area contributed by atoms with Crippen molar-refractivity contribution >= 4 is 36.4 Å². The first kappa shape index (κ1) is 28.6. The third-order valence-corrected chi connectivity index (χ3v) is 13.9. The van der Waals surface area contributed by atoms with Crippen molar-refractivity contribution in [2.45, 2.75) is 69.5 Å². The molecule has 42 heavy (non-hydrogen) atoms. The Morgan fingerprint density at radius 2 is 1.98 bits per heavy atom. The minimum absolute atomic E-state index is 0.0216. The summed E-state index contributed by atoms with van der Waals surface area (Å²) in [5.74, 6) is 0.648. The van der Waals surface area contributed by atoms with Gasteiger partial charge in [0.05, 0.1) is 27.0 Å². The number of nitrogens with one attached hydrogen (secondary N) is 1. The molecule has 0 unspecified atom stereocenters. The van der Waals surface area contributed by atoms with Crippen LogP contribution in [0.1, 0.15) is 37.4 Å². The van der Waals surface area contributed by atoms with Gasteiger partial charge in [-0.2, -0.15) is 0 Å². The summed E-state index contributed by atoms with van der Waals surface area (Å²) in [6, 6.07) is 14.1. The van der Waals surface area contributed by atoms with E-state index in [1.807, 2.05) is 41.4 Å². The predicted octanol–water partition coefficient (Wildman–Crippen LogP) is 3.21. The van der Waals surface area contributed by atoms with E-state index in [-0.39, 0.29) is 36.0 Å². The van der Waals surface area contributed by atoms with Crippen LogP contribution in [-0.4, -0.2) is 66.4 Å². The maximum atomic E-state index is 14.0. The van der Waals surface area contributed by atoms with Gasteiger partial charge in [-0.05, 0) is 48.7 Å². The lowest BCUT2D eigenvalue weighted by Gasteiger charge is -2.37. The number of hydrogen-bond acceptors (Lipinski definition) is 7. The number of carbonyl (C=O) groups excluding carboxylic acids is 2. The number of rotatable bonds is 9. The van der Waals surface area contributed by atoms with E-state index >= 15 is 0 Å². The predicted molar refractivity (Wildman–Crippen MR) is 162 cm³/mol. The zero-order valence-electron chi connectivity index (χ0n) is 24.7. The molecular weight excluding hydrogens is 550 g/mol. The van der Waals surface area contributed by atoms with Crippen LogP contribution >= 0.6 is 0 Å². The number of nitrogens with zero attached hydrogens (tertiary/aromatic N) is 4. The van der Waals surface area contributed by atoms with Gasteiger partial charge in [-0.25, -0.2) is 0 Å². The number of ether oxygens (including phenoxy) is 2. The van der Waals surface area contributed by atoms with Crippen LogP contribution in [0, 0.1) is 5.92 Å². The number of aryl methyl sites for hydroxylation is 1. The van der Waals surface area contributed by atoms with E-state index in [2.05, 4.69) is 47.8 Å². The number of carbonyl (C=O) groups is 2. The monoisotopic (exact) mass is 589 g/mol. The van der Waals surface area contributed by atoms with Crippen molar-refractivity contribution in [3.8, 4) is 5.75 Å². The molecule has 4 atom stereocenters. The summed E-state index contributed by atoms with van der Waals surface area (Å²) >= 11 is 0. The van der Waals surface area contributed by atoms with Gasteiger partial charge in [0.25, 0.3) is 5.91 Å². The summed E-state index contributed by atoms with van der Waals surface area (Å²) < 4.78 is 14.3. The molecule has 2 fully saturated rings. The third-order valence-electron chi connectivity index (χ3n) is 9.56. The first-order chi connectivity index (χ1) is 20.2. The lowest BCUT2D eigenvalue weighted by molar-refractivity contribution is -0.143. The first-order valence-electron chi connectivity index (χ1n) is 14.8. The average molecular weight is 590 g/mol. The zero-order chi connectivity index (χ0) is 29.6. The lowest BCUT2D eigenvalue weighted by Crippen LogP contribution is -2.51. The maximum Gasteiger partial charge on any atom is 0.261 e. The summed E-state index contributed by atoms with van der Waals surface area (Å²) in [6.07, 6.45) is 4.13. The van der Waals surface area contributed by atoms with Crippen LogP contribution in [0.4, 0.5) is 11.4 Å². The van der Waals surface area contributed by atoms with E-state index in [1.165, 1.54) is 5.19 Å². The van der Waals surface area contributed by atoms with Crippen molar-refractivity contribution in [2.24, 2.45) is 5.92 Å². The number of aliphatic hydroxyl groups is 1. The Balaban J connectivity index is 1.39. The number of methoxy groups -OCH3 is 1. The molecule has 2 N–H and O–H groups in total. The highest BCUT2D eigenvalue weighted by Crippen LogP contribution is 2.59. The second-order valence-electron chi connectivity index (χ2n) is 12.2. The van der Waals surface area contributed by atoms with E-state index in [1.54, 1.807) is 11.8 Å². The summed E-state index contributed by atoms with van der Waals surface area (Å²) in [5.41, 5.74) is 2.05. The van der Waals surface area contributed by atoms with Crippen LogP contribution in [0.2, 0.25) is 18.6 Å². The van der Waals surface area contributed by atoms with Crippen LogP contribution in [0.15, 0.2) is 48.7 Å². The average Bonchev–Trinajstić information content (AvgIpc) is 3.74. The molecule has 3 aliphatic rings. The first-order valence-corrected chi connectivity index (χ1v) is 17.9. The number of anilines is 2. The Morgan fingerprint density at radius 1 is 1.19 bits per heavy atom. The van der Waals surface area contributed by atoms with Gasteiger partial charge in [-0.1, -0.05) is 42.6 Å². The van der Waals surface area contributed by atoms with Crippen molar-refractivity contribution in [3.63, 3.8) is 0 Å². The molecule has 2 aromatic carbocycles. The molecule has 0 saturated carbocycles. The third kappa shape index (κ3) is 4.63. The Labute approximate surface area is 247 Å². The Hall–Kier alpha value is -3.54. The molecule has 11 heteroatoms. The van der Waals surface area contributed by atoms with Crippen molar-refractivity contribution in [1.29, 1.82) is 0 Å². The maximum absolute atomic E-state index is 14.0. The Morgan fingerprint density at radius 3 is 2.67 bits per heavy atom. The van der Waals surface area contributed by atoms with Gasteiger partial charge in [-0.15, -0.1) is 5.10 Å². The van der Waals surface area contributed by atoms with Gasteiger partial charge in [0, 0.05) is 61.6 Å². The quantitative estimate of drug-likeness (QED) is 0.368. The summed E-state index contributed by atoms with van der Waals surface area (Å²) in [6.45, 7) is 8.14.